The molecule has 5 N–H and O–H groups in total. The maximum Gasteiger partial charge on any atom is 0.251 e. The molecule has 1 unspecified atom stereocenters. The Bertz CT molecular complexity index is 1310. The van der Waals surface area contributed by atoms with Gasteiger partial charge in [0.05, 0.1) is 19.3 Å². The van der Waals surface area contributed by atoms with Gasteiger partial charge >= 0.3 is 0 Å². The number of aromatic nitrogens is 2. The average Bonchev–Trinajstić information content (AvgIpc) is 3.92. The maximum absolute atomic E-state index is 12.8. The topological polar surface area (TPSA) is 117 Å². The number of carbonyl (C=O) groups is 1. The van der Waals surface area contributed by atoms with Gasteiger partial charge in [-0.05, 0) is 74.5 Å². The first kappa shape index (κ1) is 30.8. The smallest absolute Gasteiger partial charge is 0.251 e. The number of aryl methyl sites for hydroxylation is 1. The highest BCUT2D eigenvalue weighted by molar-refractivity contribution is 5.96. The van der Waals surface area contributed by atoms with E-state index in [0.29, 0.717) is 35.4 Å². The molecule has 238 valence electrons. The normalized spacial score (nSPS) is 20.6. The van der Waals surface area contributed by atoms with Crippen LogP contribution >= 0.6 is 0 Å². The maximum atomic E-state index is 12.8. The number of carbonyl (C=O) groups excluding carboxylic acids is 1. The molecular formula is C35H51N7O2. The molecule has 2 saturated carbocycles. The summed E-state index contributed by atoms with van der Waals surface area (Å²) in [5.74, 6) is 3.81. The van der Waals surface area contributed by atoms with Gasteiger partial charge in [0.25, 0.3) is 5.91 Å². The standard InChI is InChI=1S/C35H51N7O2/c1-3-4-25(8-7-24-5-6-24)20-37-32-18-33(38-28-13-15-42(16-14-28)29-21-44-22-29)41-34(40-32)31(19-36)26-9-12-30(23(2)17-26)35(43)39-27-10-11-27/h9,12,17-19,24-25,27-29H,3-8,10-11,13-16,20-22,36H2,1-2H3,(H,39,43)(H2,37,38,40,41). The third kappa shape index (κ3) is 8.10. The van der Waals surface area contributed by atoms with Gasteiger partial charge in [-0.2, -0.15) is 0 Å². The molecule has 0 radical (unpaired) electrons. The molecule has 9 nitrogen and oxygen atoms in total. The highest BCUT2D eigenvalue weighted by Gasteiger charge is 2.30. The third-order valence-electron chi connectivity index (χ3n) is 9.80. The summed E-state index contributed by atoms with van der Waals surface area (Å²) in [6.07, 6.45) is 13.7. The fraction of sp³-hybridized carbons (Fsp3) is 0.629. The van der Waals surface area contributed by atoms with E-state index in [9.17, 15) is 4.79 Å². The number of nitrogens with two attached hydrogens (primary N) is 1. The monoisotopic (exact) mass is 601 g/mol. The highest BCUT2D eigenvalue weighted by Crippen LogP contribution is 2.35. The summed E-state index contributed by atoms with van der Waals surface area (Å²) in [6, 6.07) is 9.19. The van der Waals surface area contributed by atoms with Gasteiger partial charge in [-0.25, -0.2) is 9.97 Å². The lowest BCUT2D eigenvalue weighted by Gasteiger charge is -2.41. The van der Waals surface area contributed by atoms with Crippen molar-refractivity contribution in [3.8, 4) is 0 Å². The molecule has 44 heavy (non-hydrogen) atoms. The van der Waals surface area contributed by atoms with Crippen LogP contribution in [-0.4, -0.2) is 71.7 Å². The molecule has 4 aliphatic rings. The molecule has 1 aromatic heterocycles. The van der Waals surface area contributed by atoms with Crippen molar-refractivity contribution in [2.24, 2.45) is 17.6 Å². The number of anilines is 2. The quantitative estimate of drug-likeness (QED) is 0.217. The second-order valence-electron chi connectivity index (χ2n) is 13.5. The fourth-order valence-electron chi connectivity index (χ4n) is 6.54. The van der Waals surface area contributed by atoms with Crippen LogP contribution in [-0.2, 0) is 4.74 Å². The van der Waals surface area contributed by atoms with Crippen molar-refractivity contribution in [3.63, 3.8) is 0 Å². The van der Waals surface area contributed by atoms with Crippen molar-refractivity contribution < 1.29 is 9.53 Å². The Hall–Kier alpha value is -3.17. The van der Waals surface area contributed by atoms with Crippen molar-refractivity contribution in [1.82, 2.24) is 20.2 Å². The fourth-order valence-corrected chi connectivity index (χ4v) is 6.54. The molecule has 9 heteroatoms. The van der Waals surface area contributed by atoms with Gasteiger partial charge in [0.2, 0.25) is 0 Å². The molecule has 2 aliphatic carbocycles. The molecule has 1 atom stereocenters. The van der Waals surface area contributed by atoms with Gasteiger partial charge in [-0.1, -0.05) is 44.7 Å². The van der Waals surface area contributed by atoms with Crippen LogP contribution in [0.1, 0.15) is 98.4 Å². The SMILES string of the molecule is CCCC(CCC1CC1)CNc1cc(NC2CCN(C3COC3)CC2)nc(C(=CN)c2ccc(C(=O)NC3CC3)c(C)c2)n1. The van der Waals surface area contributed by atoms with Crippen LogP contribution in [0.4, 0.5) is 11.6 Å². The molecular weight excluding hydrogens is 550 g/mol. The minimum absolute atomic E-state index is 0.0111. The molecule has 2 saturated heterocycles. The van der Waals surface area contributed by atoms with Gasteiger partial charge in [0, 0.05) is 55.1 Å². The Morgan fingerprint density at radius 2 is 1.82 bits per heavy atom. The molecule has 6 rings (SSSR count). The van der Waals surface area contributed by atoms with E-state index in [0.717, 1.165) is 92.8 Å². The number of nitrogens with zero attached hydrogens (tertiary/aromatic N) is 3. The summed E-state index contributed by atoms with van der Waals surface area (Å²) in [5, 5.41) is 10.5. The molecule has 4 fully saturated rings. The van der Waals surface area contributed by atoms with Gasteiger partial charge in [-0.15, -0.1) is 0 Å². The van der Waals surface area contributed by atoms with Crippen LogP contribution in [0, 0.1) is 18.8 Å². The molecule has 2 aromatic rings. The average molecular weight is 602 g/mol. The summed E-state index contributed by atoms with van der Waals surface area (Å²) in [5.41, 5.74) is 9.53. The minimum Gasteiger partial charge on any atom is -0.404 e. The zero-order valence-corrected chi connectivity index (χ0v) is 26.6. The van der Waals surface area contributed by atoms with Crippen molar-refractivity contribution in [1.29, 1.82) is 0 Å². The highest BCUT2D eigenvalue weighted by atomic mass is 16.5. The number of rotatable bonds is 15. The zero-order chi connectivity index (χ0) is 30.5. The van der Waals surface area contributed by atoms with E-state index in [1.54, 1.807) is 6.20 Å². The second kappa shape index (κ2) is 14.3. The van der Waals surface area contributed by atoms with Crippen LogP contribution < -0.4 is 21.7 Å². The minimum atomic E-state index is -0.0111. The molecule has 1 amide bonds. The summed E-state index contributed by atoms with van der Waals surface area (Å²) >= 11 is 0. The lowest BCUT2D eigenvalue weighted by atomic mass is 9.96. The van der Waals surface area contributed by atoms with E-state index in [1.165, 1.54) is 38.5 Å². The number of hydrogen-bond acceptors (Lipinski definition) is 8. The number of likely N-dealkylation sites (tertiary alicyclic amines) is 1. The number of nitrogens with one attached hydrogen (secondary N) is 3. The van der Waals surface area contributed by atoms with Crippen molar-refractivity contribution >= 4 is 23.1 Å². The predicted molar refractivity (Wildman–Crippen MR) is 177 cm³/mol. The number of ether oxygens (including phenoxy) is 1. The van der Waals surface area contributed by atoms with Crippen LogP contribution in [0.25, 0.3) is 5.57 Å². The third-order valence-corrected chi connectivity index (χ3v) is 9.80. The van der Waals surface area contributed by atoms with E-state index in [4.69, 9.17) is 20.4 Å². The first-order chi connectivity index (χ1) is 21.5. The van der Waals surface area contributed by atoms with E-state index in [2.05, 4.69) is 33.8 Å². The number of hydrogen-bond donors (Lipinski definition) is 4. The Labute approximate surface area is 262 Å². The lowest BCUT2D eigenvalue weighted by molar-refractivity contribution is -0.0705. The van der Waals surface area contributed by atoms with E-state index in [-0.39, 0.29) is 5.91 Å². The summed E-state index contributed by atoms with van der Waals surface area (Å²) in [7, 11) is 0. The molecule has 1 aromatic carbocycles. The number of benzene rings is 1. The van der Waals surface area contributed by atoms with Gasteiger partial charge in [0.1, 0.15) is 11.6 Å². The summed E-state index contributed by atoms with van der Waals surface area (Å²) in [4.78, 5) is 25.3. The summed E-state index contributed by atoms with van der Waals surface area (Å²) in [6.45, 7) is 9.03. The second-order valence-corrected chi connectivity index (χ2v) is 13.5. The van der Waals surface area contributed by atoms with Crippen LogP contribution in [0.2, 0.25) is 0 Å². The van der Waals surface area contributed by atoms with Crippen molar-refractivity contribution in [2.75, 3.05) is 43.5 Å². The predicted octanol–water partition coefficient (Wildman–Crippen LogP) is 5.32. The Kier molecular flexibility index (Phi) is 10.0. The van der Waals surface area contributed by atoms with Gasteiger partial charge < -0.3 is 26.4 Å². The first-order valence-electron chi connectivity index (χ1n) is 17.0. The Morgan fingerprint density at radius 3 is 2.45 bits per heavy atom. The van der Waals surface area contributed by atoms with Crippen molar-refractivity contribution in [3.05, 3.63) is 53.0 Å². The molecule has 0 bridgehead atoms. The lowest BCUT2D eigenvalue weighted by Crippen LogP contribution is -2.53. The number of piperidine rings is 1. The first-order valence-corrected chi connectivity index (χ1v) is 17.0. The molecule has 3 heterocycles. The molecule has 2 aliphatic heterocycles. The van der Waals surface area contributed by atoms with Gasteiger partial charge in [0.15, 0.2) is 5.82 Å². The largest absolute Gasteiger partial charge is 0.404 e. The van der Waals surface area contributed by atoms with Gasteiger partial charge in [-0.3, -0.25) is 9.69 Å². The summed E-state index contributed by atoms with van der Waals surface area (Å²) < 4.78 is 5.42. The van der Waals surface area contributed by atoms with E-state index >= 15 is 0 Å². The Balaban J connectivity index is 1.20. The molecule has 0 spiro atoms. The van der Waals surface area contributed by atoms with Crippen molar-refractivity contribution in [2.45, 2.75) is 96.2 Å². The van der Waals surface area contributed by atoms with E-state index in [1.807, 2.05) is 25.1 Å². The Morgan fingerprint density at radius 1 is 1.05 bits per heavy atom. The van der Waals surface area contributed by atoms with E-state index < -0.39 is 0 Å². The van der Waals surface area contributed by atoms with Crippen LogP contribution in [0.15, 0.2) is 30.5 Å². The number of amides is 1. The van der Waals surface area contributed by atoms with Crippen LogP contribution in [0.3, 0.4) is 0 Å². The van der Waals surface area contributed by atoms with Crippen LogP contribution in [0.5, 0.6) is 0 Å². The zero-order valence-electron chi connectivity index (χ0n) is 26.6.